The summed E-state index contributed by atoms with van der Waals surface area (Å²) in [7, 11) is 0. The molecule has 0 saturated carbocycles. The second-order valence-corrected chi connectivity index (χ2v) is 5.06. The zero-order valence-electron chi connectivity index (χ0n) is 11.3. The van der Waals surface area contributed by atoms with Gasteiger partial charge >= 0.3 is 0 Å². The molecule has 4 heteroatoms. The quantitative estimate of drug-likeness (QED) is 0.824. The highest BCUT2D eigenvalue weighted by molar-refractivity contribution is 5.90. The Kier molecular flexibility index (Phi) is 5.36. The first kappa shape index (κ1) is 14.0. The number of hydrogen-bond donors (Lipinski definition) is 2. The Morgan fingerprint density at radius 2 is 2.11 bits per heavy atom. The van der Waals surface area contributed by atoms with Crippen molar-refractivity contribution in [2.24, 2.45) is 0 Å². The van der Waals surface area contributed by atoms with Gasteiger partial charge in [0, 0.05) is 25.3 Å². The molecule has 2 N–H and O–H groups in total. The Balaban J connectivity index is 1.88. The zero-order valence-corrected chi connectivity index (χ0v) is 11.3. The molecule has 1 fully saturated rings. The standard InChI is InChI=1S/C15H22N2O2/c18-10-4-7-15(19)16-14-6-3-5-13(11-14)12-17-8-1-2-9-17/h3,5-6,11,18H,1-2,4,7-10,12H2,(H,16,19). The van der Waals surface area contributed by atoms with Crippen LogP contribution in [-0.2, 0) is 11.3 Å². The highest BCUT2D eigenvalue weighted by Crippen LogP contribution is 2.16. The van der Waals surface area contributed by atoms with E-state index in [9.17, 15) is 4.79 Å². The van der Waals surface area contributed by atoms with Gasteiger partial charge in [-0.25, -0.2) is 0 Å². The molecule has 1 aliphatic heterocycles. The van der Waals surface area contributed by atoms with Crippen LogP contribution >= 0.6 is 0 Å². The van der Waals surface area contributed by atoms with Gasteiger partial charge in [0.05, 0.1) is 0 Å². The molecule has 1 heterocycles. The van der Waals surface area contributed by atoms with Crippen molar-refractivity contribution in [2.45, 2.75) is 32.2 Å². The SMILES string of the molecule is O=C(CCCO)Nc1cccc(CN2CCCC2)c1. The lowest BCUT2D eigenvalue weighted by Gasteiger charge is -2.15. The maximum absolute atomic E-state index is 11.6. The van der Waals surface area contributed by atoms with Crippen molar-refractivity contribution in [2.75, 3.05) is 25.0 Å². The van der Waals surface area contributed by atoms with Crippen molar-refractivity contribution in [3.8, 4) is 0 Å². The number of aliphatic hydroxyl groups excluding tert-OH is 1. The lowest BCUT2D eigenvalue weighted by Crippen LogP contribution is -2.18. The predicted octanol–water partition coefficient (Wildman–Crippen LogP) is 1.99. The summed E-state index contributed by atoms with van der Waals surface area (Å²) in [5, 5.41) is 11.6. The summed E-state index contributed by atoms with van der Waals surface area (Å²) in [5.74, 6) is -0.0348. The van der Waals surface area contributed by atoms with E-state index in [4.69, 9.17) is 5.11 Å². The Morgan fingerprint density at radius 1 is 1.32 bits per heavy atom. The number of hydrogen-bond acceptors (Lipinski definition) is 3. The fourth-order valence-corrected chi connectivity index (χ4v) is 2.41. The van der Waals surface area contributed by atoms with Crippen molar-refractivity contribution in [1.82, 2.24) is 4.90 Å². The van der Waals surface area contributed by atoms with Gasteiger partial charge in [0.1, 0.15) is 0 Å². The van der Waals surface area contributed by atoms with E-state index in [2.05, 4.69) is 16.3 Å². The molecule has 0 bridgehead atoms. The van der Waals surface area contributed by atoms with Crippen molar-refractivity contribution < 1.29 is 9.90 Å². The van der Waals surface area contributed by atoms with Crippen molar-refractivity contribution in [3.63, 3.8) is 0 Å². The minimum absolute atomic E-state index is 0.0348. The topological polar surface area (TPSA) is 52.6 Å². The molecule has 1 aliphatic rings. The van der Waals surface area contributed by atoms with Gasteiger partial charge in [-0.05, 0) is 50.0 Å². The summed E-state index contributed by atoms with van der Waals surface area (Å²) >= 11 is 0. The molecular formula is C15H22N2O2. The van der Waals surface area contributed by atoms with Crippen LogP contribution in [0.5, 0.6) is 0 Å². The predicted molar refractivity (Wildman–Crippen MR) is 75.9 cm³/mol. The molecule has 1 saturated heterocycles. The average molecular weight is 262 g/mol. The molecule has 104 valence electrons. The molecule has 1 aromatic carbocycles. The zero-order chi connectivity index (χ0) is 13.5. The minimum Gasteiger partial charge on any atom is -0.396 e. The van der Waals surface area contributed by atoms with Gasteiger partial charge < -0.3 is 10.4 Å². The van der Waals surface area contributed by atoms with E-state index in [0.717, 1.165) is 12.2 Å². The third kappa shape index (κ3) is 4.65. The van der Waals surface area contributed by atoms with Crippen molar-refractivity contribution >= 4 is 11.6 Å². The number of nitrogens with one attached hydrogen (secondary N) is 1. The van der Waals surface area contributed by atoms with Crippen LogP contribution in [0.3, 0.4) is 0 Å². The van der Waals surface area contributed by atoms with E-state index in [0.29, 0.717) is 12.8 Å². The maximum atomic E-state index is 11.6. The van der Waals surface area contributed by atoms with Gasteiger partial charge in [-0.15, -0.1) is 0 Å². The van der Waals surface area contributed by atoms with Gasteiger partial charge in [-0.3, -0.25) is 9.69 Å². The van der Waals surface area contributed by atoms with Crippen molar-refractivity contribution in [1.29, 1.82) is 0 Å². The normalized spacial score (nSPS) is 15.6. The molecule has 0 radical (unpaired) electrons. The Morgan fingerprint density at radius 3 is 2.84 bits per heavy atom. The molecule has 0 aromatic heterocycles. The molecule has 1 amide bonds. The number of carbonyl (C=O) groups is 1. The first-order valence-corrected chi connectivity index (χ1v) is 7.00. The fraction of sp³-hybridized carbons (Fsp3) is 0.533. The van der Waals surface area contributed by atoms with E-state index in [1.165, 1.54) is 31.5 Å². The summed E-state index contributed by atoms with van der Waals surface area (Å²) in [6.07, 6.45) is 3.46. The summed E-state index contributed by atoms with van der Waals surface area (Å²) in [6, 6.07) is 8.02. The van der Waals surface area contributed by atoms with Crippen LogP contribution in [0.2, 0.25) is 0 Å². The second kappa shape index (κ2) is 7.26. The number of nitrogens with zero attached hydrogens (tertiary/aromatic N) is 1. The van der Waals surface area contributed by atoms with Crippen LogP contribution in [0.4, 0.5) is 5.69 Å². The molecular weight excluding hydrogens is 240 g/mol. The molecule has 0 spiro atoms. The molecule has 0 atom stereocenters. The monoisotopic (exact) mass is 262 g/mol. The lowest BCUT2D eigenvalue weighted by atomic mass is 10.2. The van der Waals surface area contributed by atoms with Crippen LogP contribution in [-0.4, -0.2) is 35.6 Å². The number of aliphatic hydroxyl groups is 1. The summed E-state index contributed by atoms with van der Waals surface area (Å²) in [6.45, 7) is 3.36. The van der Waals surface area contributed by atoms with Crippen LogP contribution in [0.25, 0.3) is 0 Å². The Labute approximate surface area is 114 Å². The summed E-state index contributed by atoms with van der Waals surface area (Å²) < 4.78 is 0. The van der Waals surface area contributed by atoms with E-state index < -0.39 is 0 Å². The highest BCUT2D eigenvalue weighted by atomic mass is 16.3. The summed E-state index contributed by atoms with van der Waals surface area (Å²) in [4.78, 5) is 14.0. The molecule has 1 aromatic rings. The summed E-state index contributed by atoms with van der Waals surface area (Å²) in [5.41, 5.74) is 2.08. The smallest absolute Gasteiger partial charge is 0.224 e. The first-order chi connectivity index (χ1) is 9.28. The van der Waals surface area contributed by atoms with Crippen LogP contribution in [0.1, 0.15) is 31.2 Å². The Bertz CT molecular complexity index is 414. The number of amides is 1. The number of rotatable bonds is 6. The van der Waals surface area contributed by atoms with Gasteiger partial charge in [0.25, 0.3) is 0 Å². The van der Waals surface area contributed by atoms with Gasteiger partial charge in [0.2, 0.25) is 5.91 Å². The third-order valence-corrected chi connectivity index (χ3v) is 3.38. The number of carbonyl (C=O) groups excluding carboxylic acids is 1. The molecule has 2 rings (SSSR count). The molecule has 4 nitrogen and oxygen atoms in total. The number of benzene rings is 1. The van der Waals surface area contributed by atoms with Crippen LogP contribution in [0.15, 0.2) is 24.3 Å². The van der Waals surface area contributed by atoms with Crippen molar-refractivity contribution in [3.05, 3.63) is 29.8 Å². The van der Waals surface area contributed by atoms with Crippen LogP contribution in [0, 0.1) is 0 Å². The van der Waals surface area contributed by atoms with Crippen LogP contribution < -0.4 is 5.32 Å². The highest BCUT2D eigenvalue weighted by Gasteiger charge is 2.11. The third-order valence-electron chi connectivity index (χ3n) is 3.38. The van der Waals surface area contributed by atoms with Gasteiger partial charge in [-0.2, -0.15) is 0 Å². The minimum atomic E-state index is -0.0348. The average Bonchev–Trinajstić information content (AvgIpc) is 2.89. The van der Waals surface area contributed by atoms with Gasteiger partial charge in [-0.1, -0.05) is 12.1 Å². The van der Waals surface area contributed by atoms with E-state index >= 15 is 0 Å². The van der Waals surface area contributed by atoms with E-state index in [-0.39, 0.29) is 12.5 Å². The number of anilines is 1. The maximum Gasteiger partial charge on any atom is 0.224 e. The van der Waals surface area contributed by atoms with E-state index in [1.807, 2.05) is 18.2 Å². The van der Waals surface area contributed by atoms with E-state index in [1.54, 1.807) is 0 Å². The fourth-order valence-electron chi connectivity index (χ4n) is 2.41. The first-order valence-electron chi connectivity index (χ1n) is 7.00. The largest absolute Gasteiger partial charge is 0.396 e. The molecule has 19 heavy (non-hydrogen) atoms. The lowest BCUT2D eigenvalue weighted by molar-refractivity contribution is -0.116. The van der Waals surface area contributed by atoms with Gasteiger partial charge in [0.15, 0.2) is 0 Å². The molecule has 0 aliphatic carbocycles. The number of likely N-dealkylation sites (tertiary alicyclic amines) is 1. The molecule has 0 unspecified atom stereocenters. The Hall–Kier alpha value is -1.39. The second-order valence-electron chi connectivity index (χ2n) is 5.06.